The maximum absolute atomic E-state index is 8.31. The number of hydrogen-bond acceptors (Lipinski definition) is 3. The highest BCUT2D eigenvalue weighted by molar-refractivity contribution is 5.28. The van der Waals surface area contributed by atoms with Crippen LogP contribution in [0, 0.1) is 0 Å². The van der Waals surface area contributed by atoms with Gasteiger partial charge < -0.3 is 9.80 Å². The normalized spacial score (nSPS) is 11.7. The molecular formula is C27H55N3. The quantitative estimate of drug-likeness (QED) is 0.379. The predicted molar refractivity (Wildman–Crippen MR) is 139 cm³/mol. The highest BCUT2D eigenvalue weighted by atomic mass is 15.2. The Balaban J connectivity index is 0. The molecule has 0 N–H and O–H groups in total. The van der Waals surface area contributed by atoms with Crippen LogP contribution in [0.5, 0.6) is 0 Å². The molecule has 0 radical (unpaired) electrons. The van der Waals surface area contributed by atoms with E-state index in [0.717, 1.165) is 64.5 Å². The molecule has 30 heavy (non-hydrogen) atoms. The van der Waals surface area contributed by atoms with E-state index in [-0.39, 0.29) is 5.41 Å². The fourth-order valence-corrected chi connectivity index (χ4v) is 3.20. The monoisotopic (exact) mass is 423 g/mol. The molecule has 0 aliphatic carbocycles. The van der Waals surface area contributed by atoms with E-state index in [1.807, 2.05) is 33.8 Å². The second kappa shape index (κ2) is 18.8. The van der Waals surface area contributed by atoms with Crippen molar-refractivity contribution in [3.63, 3.8) is 0 Å². The Morgan fingerprint density at radius 1 is 0.733 bits per heavy atom. The van der Waals surface area contributed by atoms with Crippen molar-refractivity contribution in [2.45, 2.75) is 88.1 Å². The molecule has 0 unspecified atom stereocenters. The van der Waals surface area contributed by atoms with Crippen molar-refractivity contribution in [3.8, 4) is 0 Å². The number of rotatable bonds is 12. The Morgan fingerprint density at radius 3 is 1.60 bits per heavy atom. The van der Waals surface area contributed by atoms with E-state index in [4.69, 9.17) is 1.37 Å². The fourth-order valence-electron chi connectivity index (χ4n) is 3.20. The van der Waals surface area contributed by atoms with Gasteiger partial charge in [0.05, 0.1) is 1.37 Å². The van der Waals surface area contributed by atoms with E-state index in [2.05, 4.69) is 75.3 Å². The van der Waals surface area contributed by atoms with Gasteiger partial charge in [-0.3, -0.25) is 4.90 Å². The van der Waals surface area contributed by atoms with Crippen molar-refractivity contribution in [2.24, 2.45) is 0 Å². The summed E-state index contributed by atoms with van der Waals surface area (Å²) in [5.41, 5.74) is 2.59. The van der Waals surface area contributed by atoms with Crippen LogP contribution in [0.2, 0.25) is 0 Å². The summed E-state index contributed by atoms with van der Waals surface area (Å²) in [6.45, 7) is 33.4. The van der Waals surface area contributed by atoms with Crippen molar-refractivity contribution in [3.05, 3.63) is 35.4 Å². The van der Waals surface area contributed by atoms with Crippen LogP contribution in [0.15, 0.2) is 24.2 Å². The summed E-state index contributed by atoms with van der Waals surface area (Å²) in [4.78, 5) is 7.51. The lowest BCUT2D eigenvalue weighted by Crippen LogP contribution is -2.39. The number of nitrogens with zero attached hydrogens (tertiary/aromatic N) is 3. The van der Waals surface area contributed by atoms with E-state index in [9.17, 15) is 0 Å². The highest BCUT2D eigenvalue weighted by Gasteiger charge is 2.14. The molecule has 1 aromatic rings. The summed E-state index contributed by atoms with van der Waals surface area (Å²) in [7, 11) is 0. The predicted octanol–water partition coefficient (Wildman–Crippen LogP) is 6.52. The number of benzene rings is 1. The molecule has 0 atom stereocenters. The Kier molecular flexibility index (Phi) is 18.3. The summed E-state index contributed by atoms with van der Waals surface area (Å²) < 4.78 is 8.31. The molecule has 3 nitrogen and oxygen atoms in total. The second-order valence-electron chi connectivity index (χ2n) is 8.18. The van der Waals surface area contributed by atoms with Crippen LogP contribution in [0.3, 0.4) is 0 Å². The summed E-state index contributed by atoms with van der Waals surface area (Å²) >= 11 is 0. The lowest BCUT2D eigenvalue weighted by molar-refractivity contribution is 0.185. The van der Waals surface area contributed by atoms with Crippen molar-refractivity contribution in [2.75, 3.05) is 52.4 Å². The third-order valence-corrected chi connectivity index (χ3v) is 5.38. The van der Waals surface area contributed by atoms with E-state index in [1.54, 1.807) is 0 Å². The zero-order valence-electron chi connectivity index (χ0n) is 23.4. The molecule has 0 amide bonds. The number of hydrogen-bond donors (Lipinski definition) is 0. The molecule has 1 aromatic carbocycles. The first-order valence-electron chi connectivity index (χ1n) is 13.0. The van der Waals surface area contributed by atoms with Gasteiger partial charge in [0.15, 0.2) is 0 Å². The average Bonchev–Trinajstić information content (AvgIpc) is 2.78. The van der Waals surface area contributed by atoms with Gasteiger partial charge in [0.2, 0.25) is 0 Å². The standard InChI is InChI=1S/C23H43N3.2C2H6/c1-8-24(9-2)15-16-25(10-3)17-18-26(11-4)20-21-13-12-14-22(19-21)23(5,6)7;2*1-2/h12-14,19H,8-11,15-18,20H2,1-7H3;2*1-2H3/i13T;;. The maximum Gasteiger partial charge on any atom is 0.0626 e. The summed E-state index contributed by atoms with van der Waals surface area (Å²) in [6.07, 6.45) is 0. The number of likely N-dealkylation sites (N-methyl/N-ethyl adjacent to an activating group) is 3. The van der Waals surface area contributed by atoms with Crippen LogP contribution in [-0.2, 0) is 12.0 Å². The minimum atomic E-state index is 0.128. The van der Waals surface area contributed by atoms with Crippen molar-refractivity contribution >= 4 is 0 Å². The molecule has 0 heterocycles. The van der Waals surface area contributed by atoms with E-state index in [1.165, 1.54) is 5.56 Å². The second-order valence-corrected chi connectivity index (χ2v) is 8.18. The Labute approximate surface area is 192 Å². The average molecular weight is 424 g/mol. The van der Waals surface area contributed by atoms with Crippen molar-refractivity contribution in [1.29, 1.82) is 0 Å². The molecule has 0 fully saturated rings. The Bertz CT molecular complexity index is 536. The van der Waals surface area contributed by atoms with E-state index in [0.29, 0.717) is 6.04 Å². The molecule has 0 bridgehead atoms. The third-order valence-electron chi connectivity index (χ3n) is 5.38. The molecule has 0 aromatic heterocycles. The van der Waals surface area contributed by atoms with Gasteiger partial charge in [0.1, 0.15) is 0 Å². The molecule has 3 heteroatoms. The zero-order chi connectivity index (χ0) is 24.4. The minimum Gasteiger partial charge on any atom is -0.303 e. The summed E-state index contributed by atoms with van der Waals surface area (Å²) in [5.74, 6) is 0. The SMILES string of the molecule is CC.CC.[3H]c1ccc(C(C)(C)C)cc1CN(CC)CCN(CC)CCN(CC)CC. The molecule has 1 rings (SSSR count). The highest BCUT2D eigenvalue weighted by Crippen LogP contribution is 2.23. The lowest BCUT2D eigenvalue weighted by Gasteiger charge is -2.28. The van der Waals surface area contributed by atoms with Gasteiger partial charge in [-0.1, -0.05) is 100 Å². The van der Waals surface area contributed by atoms with Gasteiger partial charge in [0.25, 0.3) is 0 Å². The molecule has 178 valence electrons. The van der Waals surface area contributed by atoms with Crippen LogP contribution in [0.25, 0.3) is 0 Å². The third kappa shape index (κ3) is 13.4. The topological polar surface area (TPSA) is 9.72 Å². The zero-order valence-corrected chi connectivity index (χ0v) is 22.4. The summed E-state index contributed by atoms with van der Waals surface area (Å²) in [6, 6.07) is 6.97. The molecular weight excluding hydrogens is 366 g/mol. The van der Waals surface area contributed by atoms with E-state index >= 15 is 0 Å². The van der Waals surface area contributed by atoms with Crippen LogP contribution in [0.4, 0.5) is 0 Å². The van der Waals surface area contributed by atoms with Crippen LogP contribution >= 0.6 is 0 Å². The first-order chi connectivity index (χ1) is 14.7. The van der Waals surface area contributed by atoms with Crippen LogP contribution in [0.1, 0.15) is 88.7 Å². The van der Waals surface area contributed by atoms with Gasteiger partial charge in [-0.15, -0.1) is 0 Å². The molecule has 0 saturated heterocycles. The van der Waals surface area contributed by atoms with Gasteiger partial charge in [-0.25, -0.2) is 0 Å². The molecule has 0 saturated carbocycles. The fraction of sp³-hybridized carbons (Fsp3) is 0.778. The first kappa shape index (κ1) is 29.1. The summed E-state index contributed by atoms with van der Waals surface area (Å²) in [5, 5.41) is 0. The van der Waals surface area contributed by atoms with Crippen molar-refractivity contribution in [1.82, 2.24) is 14.7 Å². The first-order valence-corrected chi connectivity index (χ1v) is 12.5. The van der Waals surface area contributed by atoms with Gasteiger partial charge in [-0.2, -0.15) is 0 Å². The molecule has 0 aliphatic heterocycles. The van der Waals surface area contributed by atoms with Crippen molar-refractivity contribution < 1.29 is 1.37 Å². The lowest BCUT2D eigenvalue weighted by atomic mass is 9.86. The largest absolute Gasteiger partial charge is 0.303 e. The molecule has 0 aliphatic rings. The van der Waals surface area contributed by atoms with Gasteiger partial charge in [-0.05, 0) is 42.7 Å². The Hall–Kier alpha value is -0.900. The Morgan fingerprint density at radius 2 is 1.17 bits per heavy atom. The minimum absolute atomic E-state index is 0.128. The van der Waals surface area contributed by atoms with E-state index < -0.39 is 0 Å². The maximum atomic E-state index is 8.31. The van der Waals surface area contributed by atoms with Crippen LogP contribution in [-0.4, -0.2) is 67.1 Å². The van der Waals surface area contributed by atoms with Gasteiger partial charge in [0, 0.05) is 32.7 Å². The van der Waals surface area contributed by atoms with Gasteiger partial charge >= 0.3 is 0 Å². The smallest absolute Gasteiger partial charge is 0.0626 e. The van der Waals surface area contributed by atoms with Crippen LogP contribution < -0.4 is 0 Å². The molecule has 0 spiro atoms.